The number of esters is 1. The SMILES string of the molecule is C#C[C@@]1(OC)C[C@@H](C)C(=O)[C@H](C)[C@@H](O)[C@](C)(O)[C@@H](CC)OC(=O)[C@H](C)C(=O)[C@H](C)[C@H]1O[C@@H]1O[C@H](C)C[C@H](N(C)CCC)[C@H]1O. The van der Waals surface area contributed by atoms with Gasteiger partial charge in [-0.1, -0.05) is 40.5 Å². The summed E-state index contributed by atoms with van der Waals surface area (Å²) in [4.78, 5) is 42.9. The van der Waals surface area contributed by atoms with Crippen LogP contribution in [0.1, 0.15) is 81.1 Å². The molecule has 0 aromatic heterocycles. The van der Waals surface area contributed by atoms with Crippen molar-refractivity contribution in [3.05, 3.63) is 0 Å². The summed E-state index contributed by atoms with van der Waals surface area (Å²) >= 11 is 0. The van der Waals surface area contributed by atoms with Crippen molar-refractivity contribution in [1.82, 2.24) is 4.90 Å². The summed E-state index contributed by atoms with van der Waals surface area (Å²) in [5, 5.41) is 33.9. The maximum atomic E-state index is 13.9. The number of likely N-dealkylation sites (N-methyl/N-ethyl adjacent to an activating group) is 1. The third kappa shape index (κ3) is 7.89. The van der Waals surface area contributed by atoms with Gasteiger partial charge in [0, 0.05) is 30.9 Å². The van der Waals surface area contributed by atoms with Crippen molar-refractivity contribution in [2.75, 3.05) is 20.7 Å². The van der Waals surface area contributed by atoms with Crippen LogP contribution in [0.2, 0.25) is 0 Å². The molecule has 2 aliphatic rings. The minimum atomic E-state index is -1.99. The molecule has 2 fully saturated rings. The predicted octanol–water partition coefficient (Wildman–Crippen LogP) is 2.12. The third-order valence-electron chi connectivity index (χ3n) is 9.68. The molecule has 0 radical (unpaired) electrons. The molecular formula is C33H55NO10. The first-order chi connectivity index (χ1) is 20.4. The molecule has 2 rings (SSSR count). The van der Waals surface area contributed by atoms with E-state index in [0.29, 0.717) is 6.42 Å². The molecule has 13 atom stereocenters. The number of carbonyl (C=O) groups excluding carboxylic acids is 3. The smallest absolute Gasteiger partial charge is 0.316 e. The number of hydrogen-bond acceptors (Lipinski definition) is 11. The molecule has 0 aromatic rings. The van der Waals surface area contributed by atoms with E-state index in [-0.39, 0.29) is 25.0 Å². The second-order valence-corrected chi connectivity index (χ2v) is 13.1. The molecule has 2 aliphatic heterocycles. The second kappa shape index (κ2) is 15.6. The van der Waals surface area contributed by atoms with E-state index in [1.54, 1.807) is 20.8 Å². The van der Waals surface area contributed by atoms with E-state index in [1.165, 1.54) is 27.9 Å². The van der Waals surface area contributed by atoms with Crippen LogP contribution in [0, 0.1) is 36.0 Å². The summed E-state index contributed by atoms with van der Waals surface area (Å²) in [6.45, 7) is 13.7. The van der Waals surface area contributed by atoms with Gasteiger partial charge in [0.05, 0.1) is 12.2 Å². The second-order valence-electron chi connectivity index (χ2n) is 13.1. The fourth-order valence-corrected chi connectivity index (χ4v) is 6.76. The van der Waals surface area contributed by atoms with Crippen LogP contribution < -0.4 is 0 Å². The molecule has 44 heavy (non-hydrogen) atoms. The van der Waals surface area contributed by atoms with Crippen LogP contribution in [-0.4, -0.2) is 113 Å². The zero-order chi connectivity index (χ0) is 33.7. The zero-order valence-electron chi connectivity index (χ0n) is 28.1. The number of methoxy groups -OCH3 is 1. The number of rotatable bonds is 7. The maximum absolute atomic E-state index is 13.9. The van der Waals surface area contributed by atoms with Gasteiger partial charge in [-0.05, 0) is 60.0 Å². The number of ether oxygens (including phenoxy) is 4. The molecule has 0 unspecified atom stereocenters. The van der Waals surface area contributed by atoms with Crippen LogP contribution in [0.25, 0.3) is 0 Å². The molecule has 0 saturated carbocycles. The summed E-state index contributed by atoms with van der Waals surface area (Å²) < 4.78 is 24.0. The van der Waals surface area contributed by atoms with E-state index < -0.39 is 83.1 Å². The highest BCUT2D eigenvalue weighted by atomic mass is 16.7. The van der Waals surface area contributed by atoms with Crippen LogP contribution >= 0.6 is 0 Å². The molecule has 0 spiro atoms. The molecule has 0 aliphatic carbocycles. The zero-order valence-corrected chi connectivity index (χ0v) is 28.1. The van der Waals surface area contributed by atoms with Gasteiger partial charge in [0.15, 0.2) is 17.7 Å². The molecule has 11 heteroatoms. The number of Topliss-reactive ketones (excluding diaryl/α,β-unsaturated/α-hetero) is 2. The van der Waals surface area contributed by atoms with E-state index >= 15 is 0 Å². The van der Waals surface area contributed by atoms with Gasteiger partial charge in [-0.2, -0.15) is 0 Å². The average Bonchev–Trinajstić information content (AvgIpc) is 2.99. The lowest BCUT2D eigenvalue weighted by molar-refractivity contribution is -0.291. The molecule has 2 heterocycles. The summed E-state index contributed by atoms with van der Waals surface area (Å²) in [6.07, 6.45) is 0.906. The maximum Gasteiger partial charge on any atom is 0.316 e. The lowest BCUT2D eigenvalue weighted by Crippen LogP contribution is -2.60. The molecule has 0 bridgehead atoms. The van der Waals surface area contributed by atoms with E-state index in [0.717, 1.165) is 13.0 Å². The average molecular weight is 626 g/mol. The van der Waals surface area contributed by atoms with Gasteiger partial charge in [-0.15, -0.1) is 6.42 Å². The normalized spacial score (nSPS) is 43.3. The number of nitrogens with zero attached hydrogens (tertiary/aromatic N) is 1. The molecule has 11 nitrogen and oxygen atoms in total. The van der Waals surface area contributed by atoms with E-state index in [1.807, 2.05) is 25.8 Å². The number of ketones is 2. The molecule has 2 saturated heterocycles. The number of aliphatic hydroxyl groups excluding tert-OH is 2. The van der Waals surface area contributed by atoms with Crippen molar-refractivity contribution in [2.24, 2.45) is 23.7 Å². The van der Waals surface area contributed by atoms with Crippen LogP contribution in [0.4, 0.5) is 0 Å². The lowest BCUT2D eigenvalue weighted by atomic mass is 9.74. The standard InChI is InChI=1S/C33H55NO10/c1-12-15-34(10)23-16-19(5)42-31(27(23)37)44-29-21(7)26(36)22(8)30(39)43-24(13-2)32(9,40)28(38)20(6)25(35)18(4)17-33(29,14-3)41-11/h3,18-24,27-29,31,37-38,40H,12-13,15-17H2,1-2,4-11H3/t18-,19-,20+,21+,22-,23+,24-,27-,28-,29-,31+,32-,33-/m1/s1. The summed E-state index contributed by atoms with van der Waals surface area (Å²) in [5.74, 6) is -3.54. The van der Waals surface area contributed by atoms with Crippen molar-refractivity contribution in [3.63, 3.8) is 0 Å². The van der Waals surface area contributed by atoms with Crippen molar-refractivity contribution in [3.8, 4) is 12.3 Å². The van der Waals surface area contributed by atoms with Crippen LogP contribution in [0.15, 0.2) is 0 Å². The first-order valence-corrected chi connectivity index (χ1v) is 15.8. The minimum Gasteiger partial charge on any atom is -0.459 e. The Kier molecular flexibility index (Phi) is 13.6. The summed E-state index contributed by atoms with van der Waals surface area (Å²) in [7, 11) is 3.26. The molecular weight excluding hydrogens is 570 g/mol. The monoisotopic (exact) mass is 625 g/mol. The minimum absolute atomic E-state index is 0.117. The first kappa shape index (κ1) is 38.3. The fourth-order valence-electron chi connectivity index (χ4n) is 6.76. The highest BCUT2D eigenvalue weighted by Crippen LogP contribution is 2.38. The van der Waals surface area contributed by atoms with Crippen molar-refractivity contribution in [1.29, 1.82) is 0 Å². The Morgan fingerprint density at radius 2 is 1.68 bits per heavy atom. The topological polar surface area (TPSA) is 152 Å². The molecule has 0 amide bonds. The number of carbonyl (C=O) groups is 3. The Morgan fingerprint density at radius 1 is 1.07 bits per heavy atom. The van der Waals surface area contributed by atoms with Gasteiger partial charge in [0.25, 0.3) is 0 Å². The first-order valence-electron chi connectivity index (χ1n) is 15.8. The van der Waals surface area contributed by atoms with Crippen molar-refractivity contribution >= 4 is 17.5 Å². The van der Waals surface area contributed by atoms with Gasteiger partial charge in [0.1, 0.15) is 35.6 Å². The Morgan fingerprint density at radius 3 is 2.20 bits per heavy atom. The van der Waals surface area contributed by atoms with Gasteiger partial charge in [0.2, 0.25) is 0 Å². The lowest BCUT2D eigenvalue weighted by Gasteiger charge is -2.47. The summed E-state index contributed by atoms with van der Waals surface area (Å²) in [6, 6.07) is -0.300. The quantitative estimate of drug-likeness (QED) is 0.217. The fraction of sp³-hybridized carbons (Fsp3) is 0.848. The Balaban J connectivity index is 2.67. The number of aliphatic hydroxyl groups is 3. The Bertz CT molecular complexity index is 1040. The van der Waals surface area contributed by atoms with Crippen LogP contribution in [-0.2, 0) is 33.3 Å². The van der Waals surface area contributed by atoms with Crippen molar-refractivity contribution in [2.45, 2.75) is 135 Å². The highest BCUT2D eigenvalue weighted by molar-refractivity contribution is 6.00. The summed E-state index contributed by atoms with van der Waals surface area (Å²) in [5.41, 5.74) is -3.67. The van der Waals surface area contributed by atoms with Gasteiger partial charge < -0.3 is 39.2 Å². The van der Waals surface area contributed by atoms with E-state index in [4.69, 9.17) is 25.4 Å². The highest BCUT2D eigenvalue weighted by Gasteiger charge is 2.53. The van der Waals surface area contributed by atoms with Gasteiger partial charge in [-0.25, -0.2) is 0 Å². The van der Waals surface area contributed by atoms with Gasteiger partial charge in [-0.3, -0.25) is 14.4 Å². The number of hydrogen-bond donors (Lipinski definition) is 3. The number of terminal acetylenes is 1. The van der Waals surface area contributed by atoms with Crippen molar-refractivity contribution < 1.29 is 48.7 Å². The van der Waals surface area contributed by atoms with E-state index in [2.05, 4.69) is 5.92 Å². The van der Waals surface area contributed by atoms with Crippen LogP contribution in [0.3, 0.4) is 0 Å². The molecule has 3 N–H and O–H groups in total. The van der Waals surface area contributed by atoms with Gasteiger partial charge >= 0.3 is 5.97 Å². The van der Waals surface area contributed by atoms with Crippen LogP contribution in [0.5, 0.6) is 0 Å². The predicted molar refractivity (Wildman–Crippen MR) is 163 cm³/mol. The Hall–Kier alpha value is -1.91. The third-order valence-corrected chi connectivity index (χ3v) is 9.68. The Labute approximate surface area is 262 Å². The largest absolute Gasteiger partial charge is 0.459 e. The molecule has 0 aromatic carbocycles. The molecule has 252 valence electrons. The van der Waals surface area contributed by atoms with E-state index in [9.17, 15) is 29.7 Å². The number of cyclic esters (lactones) is 1.